The van der Waals surface area contributed by atoms with Crippen molar-refractivity contribution in [1.82, 2.24) is 0 Å². The first kappa shape index (κ1) is 17.6. The fraction of sp³-hybridized carbons (Fsp3) is 0.0417. The minimum absolute atomic E-state index is 0.645. The standard InChI is InChI=1S/C24H18NO3/c25-24(26)28-23(20-11-10-17-6-4-5-7-19(17)16-20)18-12-14-22(15-13-18)27-21-8-2-1-3-9-21/h1-10,12-16,23H,(H2,25,26). The van der Waals surface area contributed by atoms with Gasteiger partial charge in [0.2, 0.25) is 0 Å². The summed E-state index contributed by atoms with van der Waals surface area (Å²) in [6.45, 7) is 0. The van der Waals surface area contributed by atoms with Crippen LogP contribution in [0.15, 0.2) is 91.0 Å². The SMILES string of the molecule is NC(=O)OC(c1[c]cc2ccccc2c1)c1ccc(Oc2ccccc2)cc1. The third kappa shape index (κ3) is 3.96. The van der Waals surface area contributed by atoms with Gasteiger partial charge in [-0.05, 0) is 58.8 Å². The van der Waals surface area contributed by atoms with Crippen LogP contribution < -0.4 is 10.5 Å². The Bertz CT molecular complexity index is 1090. The number of primary amides is 1. The summed E-state index contributed by atoms with van der Waals surface area (Å²) in [6.07, 6.45) is -1.48. The molecule has 1 unspecified atom stereocenters. The van der Waals surface area contributed by atoms with Gasteiger partial charge in [0.15, 0.2) is 6.10 Å². The Balaban J connectivity index is 1.64. The highest BCUT2D eigenvalue weighted by Crippen LogP contribution is 2.30. The second kappa shape index (κ2) is 7.84. The van der Waals surface area contributed by atoms with Crippen LogP contribution in [0.5, 0.6) is 11.5 Å². The van der Waals surface area contributed by atoms with Crippen LogP contribution in [0.3, 0.4) is 0 Å². The molecule has 0 aromatic heterocycles. The summed E-state index contributed by atoms with van der Waals surface area (Å²) in [4.78, 5) is 11.5. The average Bonchev–Trinajstić information content (AvgIpc) is 2.73. The molecule has 4 heteroatoms. The molecule has 0 spiro atoms. The minimum atomic E-state index is -0.837. The molecule has 0 bridgehead atoms. The maximum absolute atomic E-state index is 11.5. The first-order valence-electron chi connectivity index (χ1n) is 8.88. The Morgan fingerprint density at radius 3 is 2.18 bits per heavy atom. The van der Waals surface area contributed by atoms with E-state index in [4.69, 9.17) is 15.2 Å². The van der Waals surface area contributed by atoms with Gasteiger partial charge in [0.25, 0.3) is 0 Å². The van der Waals surface area contributed by atoms with Crippen molar-refractivity contribution in [2.75, 3.05) is 0 Å². The van der Waals surface area contributed by atoms with Gasteiger partial charge >= 0.3 is 6.09 Å². The highest BCUT2D eigenvalue weighted by molar-refractivity contribution is 5.83. The highest BCUT2D eigenvalue weighted by Gasteiger charge is 2.18. The van der Waals surface area contributed by atoms with Crippen molar-refractivity contribution in [3.05, 3.63) is 108 Å². The molecule has 0 aliphatic heterocycles. The van der Waals surface area contributed by atoms with Crippen molar-refractivity contribution in [3.8, 4) is 11.5 Å². The summed E-state index contributed by atoms with van der Waals surface area (Å²) in [5, 5.41) is 2.11. The lowest BCUT2D eigenvalue weighted by Crippen LogP contribution is -2.18. The van der Waals surface area contributed by atoms with Gasteiger partial charge in [-0.15, -0.1) is 0 Å². The summed E-state index contributed by atoms with van der Waals surface area (Å²) in [5.41, 5.74) is 6.83. The van der Waals surface area contributed by atoms with Crippen LogP contribution >= 0.6 is 0 Å². The smallest absolute Gasteiger partial charge is 0.405 e. The topological polar surface area (TPSA) is 61.6 Å². The fourth-order valence-electron chi connectivity index (χ4n) is 3.06. The molecule has 2 N–H and O–H groups in total. The van der Waals surface area contributed by atoms with Crippen LogP contribution in [-0.4, -0.2) is 6.09 Å². The van der Waals surface area contributed by atoms with E-state index in [0.29, 0.717) is 5.75 Å². The quantitative estimate of drug-likeness (QED) is 0.497. The van der Waals surface area contributed by atoms with Crippen LogP contribution in [0.1, 0.15) is 17.2 Å². The van der Waals surface area contributed by atoms with Gasteiger partial charge in [0, 0.05) is 5.56 Å². The summed E-state index contributed by atoms with van der Waals surface area (Å²) in [5.74, 6) is 1.44. The number of rotatable bonds is 5. The highest BCUT2D eigenvalue weighted by atomic mass is 16.6. The third-order valence-electron chi connectivity index (χ3n) is 4.38. The number of para-hydroxylation sites is 1. The molecule has 137 valence electrons. The van der Waals surface area contributed by atoms with E-state index in [9.17, 15) is 4.79 Å². The molecule has 1 radical (unpaired) electrons. The Hall–Kier alpha value is -3.79. The van der Waals surface area contributed by atoms with Gasteiger partial charge in [-0.25, -0.2) is 4.79 Å². The number of hydrogen-bond acceptors (Lipinski definition) is 3. The molecule has 0 fully saturated rings. The Morgan fingerprint density at radius 1 is 0.821 bits per heavy atom. The summed E-state index contributed by atoms with van der Waals surface area (Å²) in [6, 6.07) is 31.9. The molecule has 0 aliphatic rings. The predicted octanol–water partition coefficient (Wildman–Crippen LogP) is 5.62. The van der Waals surface area contributed by atoms with Crippen molar-refractivity contribution >= 4 is 16.9 Å². The number of fused-ring (bicyclic) bond motifs is 1. The zero-order chi connectivity index (χ0) is 19.3. The molecule has 1 amide bonds. The van der Waals surface area contributed by atoms with Crippen LogP contribution in [0, 0.1) is 6.07 Å². The molecule has 0 heterocycles. The zero-order valence-electron chi connectivity index (χ0n) is 15.0. The third-order valence-corrected chi connectivity index (χ3v) is 4.38. The van der Waals surface area contributed by atoms with Crippen molar-refractivity contribution in [3.63, 3.8) is 0 Å². The van der Waals surface area contributed by atoms with E-state index in [0.717, 1.165) is 27.6 Å². The molecular formula is C24H18NO3. The summed E-state index contributed by atoms with van der Waals surface area (Å²) >= 11 is 0. The summed E-state index contributed by atoms with van der Waals surface area (Å²) < 4.78 is 11.2. The van der Waals surface area contributed by atoms with E-state index in [2.05, 4.69) is 6.07 Å². The number of carbonyl (C=O) groups is 1. The van der Waals surface area contributed by atoms with Crippen molar-refractivity contribution < 1.29 is 14.3 Å². The average molecular weight is 368 g/mol. The van der Waals surface area contributed by atoms with E-state index < -0.39 is 12.2 Å². The second-order valence-corrected chi connectivity index (χ2v) is 6.32. The maximum atomic E-state index is 11.5. The number of carbonyl (C=O) groups excluding carboxylic acids is 1. The van der Waals surface area contributed by atoms with Crippen molar-refractivity contribution in [1.29, 1.82) is 0 Å². The van der Waals surface area contributed by atoms with Gasteiger partial charge in [-0.3, -0.25) is 0 Å². The van der Waals surface area contributed by atoms with Gasteiger partial charge in [-0.1, -0.05) is 54.6 Å². The molecule has 4 aromatic rings. The van der Waals surface area contributed by atoms with E-state index >= 15 is 0 Å². The lowest BCUT2D eigenvalue weighted by Gasteiger charge is -2.18. The number of hydrogen-bond donors (Lipinski definition) is 1. The van der Waals surface area contributed by atoms with Crippen molar-refractivity contribution in [2.45, 2.75) is 6.10 Å². The first-order chi connectivity index (χ1) is 13.7. The molecule has 28 heavy (non-hydrogen) atoms. The first-order valence-corrected chi connectivity index (χ1v) is 8.88. The Labute approximate surface area is 163 Å². The van der Waals surface area contributed by atoms with Crippen LogP contribution in [-0.2, 0) is 4.74 Å². The number of ether oxygens (including phenoxy) is 2. The summed E-state index contributed by atoms with van der Waals surface area (Å²) in [7, 11) is 0. The van der Waals surface area contributed by atoms with Crippen LogP contribution in [0.4, 0.5) is 4.79 Å². The number of nitrogens with two attached hydrogens (primary N) is 1. The van der Waals surface area contributed by atoms with E-state index in [1.54, 1.807) is 0 Å². The molecular weight excluding hydrogens is 350 g/mol. The van der Waals surface area contributed by atoms with Gasteiger partial charge < -0.3 is 15.2 Å². The van der Waals surface area contributed by atoms with E-state index in [-0.39, 0.29) is 0 Å². The van der Waals surface area contributed by atoms with Gasteiger partial charge in [-0.2, -0.15) is 0 Å². The normalized spacial score (nSPS) is 11.7. The molecule has 0 saturated carbocycles. The van der Waals surface area contributed by atoms with E-state index in [1.165, 1.54) is 0 Å². The fourth-order valence-corrected chi connectivity index (χ4v) is 3.06. The monoisotopic (exact) mass is 368 g/mol. The Morgan fingerprint density at radius 2 is 1.46 bits per heavy atom. The molecule has 0 aliphatic carbocycles. The maximum Gasteiger partial charge on any atom is 0.405 e. The predicted molar refractivity (Wildman–Crippen MR) is 108 cm³/mol. The molecule has 4 rings (SSSR count). The second-order valence-electron chi connectivity index (χ2n) is 6.32. The minimum Gasteiger partial charge on any atom is -0.457 e. The van der Waals surface area contributed by atoms with Crippen LogP contribution in [0.25, 0.3) is 10.8 Å². The van der Waals surface area contributed by atoms with Crippen LogP contribution in [0.2, 0.25) is 0 Å². The lowest BCUT2D eigenvalue weighted by molar-refractivity contribution is 0.126. The molecule has 4 aromatic carbocycles. The molecule has 4 nitrogen and oxygen atoms in total. The molecule has 1 atom stereocenters. The van der Waals surface area contributed by atoms with Crippen molar-refractivity contribution in [2.24, 2.45) is 5.73 Å². The Kier molecular flexibility index (Phi) is 4.93. The molecule has 0 saturated heterocycles. The lowest BCUT2D eigenvalue weighted by atomic mass is 9.98. The number of amides is 1. The number of benzene rings is 4. The largest absolute Gasteiger partial charge is 0.457 e. The zero-order valence-corrected chi connectivity index (χ0v) is 15.0. The van der Waals surface area contributed by atoms with E-state index in [1.807, 2.05) is 91.0 Å². The van der Waals surface area contributed by atoms with Gasteiger partial charge in [0.1, 0.15) is 11.5 Å². The van der Waals surface area contributed by atoms with Gasteiger partial charge in [0.05, 0.1) is 0 Å².